The smallest absolute Gasteiger partial charge is 0.409 e. The molecule has 1 aliphatic rings. The summed E-state index contributed by atoms with van der Waals surface area (Å²) in [6, 6.07) is 13.8. The maximum Gasteiger partial charge on any atom is 0.409 e. The largest absolute Gasteiger partial charge is 0.449 e. The molecule has 4 rings (SSSR count). The van der Waals surface area contributed by atoms with Gasteiger partial charge in [-0.15, -0.1) is 0 Å². The van der Waals surface area contributed by atoms with Gasteiger partial charge in [-0.25, -0.2) is 9.78 Å². The molecule has 8 heteroatoms. The van der Waals surface area contributed by atoms with Crippen molar-refractivity contribution in [3.8, 4) is 0 Å². The normalized spacial score (nSPS) is 14.8. The Morgan fingerprint density at radius 2 is 2.03 bits per heavy atom. The molecule has 0 bridgehead atoms. The molecule has 2 heterocycles. The first-order chi connectivity index (χ1) is 14.1. The van der Waals surface area contributed by atoms with E-state index in [1.165, 1.54) is 0 Å². The van der Waals surface area contributed by atoms with Crippen molar-refractivity contribution in [3.63, 3.8) is 0 Å². The van der Waals surface area contributed by atoms with Gasteiger partial charge in [-0.1, -0.05) is 57.1 Å². The minimum Gasteiger partial charge on any atom is -0.449 e. The van der Waals surface area contributed by atoms with Crippen LogP contribution in [0.15, 0.2) is 46.9 Å². The van der Waals surface area contributed by atoms with Crippen molar-refractivity contribution in [1.29, 1.82) is 0 Å². The topological polar surface area (TPSA) is 45.7 Å². The summed E-state index contributed by atoms with van der Waals surface area (Å²) >= 11 is 11.3. The Labute approximate surface area is 187 Å². The Balaban J connectivity index is 1.32. The Hall–Kier alpha value is -1.83. The van der Waals surface area contributed by atoms with Crippen molar-refractivity contribution in [2.75, 3.05) is 37.7 Å². The zero-order valence-electron chi connectivity index (χ0n) is 15.8. The molecule has 0 radical (unpaired) electrons. The van der Waals surface area contributed by atoms with E-state index in [-0.39, 0.29) is 6.09 Å². The first kappa shape index (κ1) is 20.4. The summed E-state index contributed by atoms with van der Waals surface area (Å²) < 4.78 is 7.64. The van der Waals surface area contributed by atoms with Crippen molar-refractivity contribution in [3.05, 3.63) is 57.5 Å². The highest BCUT2D eigenvalue weighted by molar-refractivity contribution is 9.10. The molecule has 1 aliphatic heterocycles. The summed E-state index contributed by atoms with van der Waals surface area (Å²) in [6.45, 7) is 3.31. The molecule has 1 aromatic heterocycles. The Morgan fingerprint density at radius 1 is 1.17 bits per heavy atom. The van der Waals surface area contributed by atoms with Crippen LogP contribution in [0.2, 0.25) is 5.02 Å². The van der Waals surface area contributed by atoms with Gasteiger partial charge in [-0.2, -0.15) is 0 Å². The third kappa shape index (κ3) is 5.02. The number of anilines is 1. The second-order valence-electron chi connectivity index (χ2n) is 6.89. The van der Waals surface area contributed by atoms with E-state index in [1.54, 1.807) is 16.2 Å². The summed E-state index contributed by atoms with van der Waals surface area (Å²) in [5.74, 6) is 0. The van der Waals surface area contributed by atoms with E-state index >= 15 is 0 Å². The maximum atomic E-state index is 12.5. The first-order valence-corrected chi connectivity index (χ1v) is 11.5. The van der Waals surface area contributed by atoms with Crippen molar-refractivity contribution in [1.82, 2.24) is 9.88 Å². The molecule has 0 spiro atoms. The lowest BCUT2D eigenvalue weighted by atomic mass is 10.2. The van der Waals surface area contributed by atoms with E-state index in [1.807, 2.05) is 42.5 Å². The molecule has 0 aliphatic carbocycles. The number of nitrogens with zero attached hydrogens (tertiary/aromatic N) is 3. The van der Waals surface area contributed by atoms with Crippen LogP contribution in [-0.2, 0) is 11.2 Å². The second kappa shape index (κ2) is 9.32. The van der Waals surface area contributed by atoms with Crippen molar-refractivity contribution in [2.24, 2.45) is 0 Å². The van der Waals surface area contributed by atoms with Crippen LogP contribution in [-0.4, -0.2) is 48.8 Å². The van der Waals surface area contributed by atoms with Crippen LogP contribution >= 0.6 is 38.9 Å². The lowest BCUT2D eigenvalue weighted by molar-refractivity contribution is 0.106. The number of hydrogen-bond acceptors (Lipinski definition) is 5. The van der Waals surface area contributed by atoms with Crippen LogP contribution < -0.4 is 4.90 Å². The molecule has 3 aromatic rings. The van der Waals surface area contributed by atoms with Gasteiger partial charge in [0.25, 0.3) is 0 Å². The predicted molar refractivity (Wildman–Crippen MR) is 122 cm³/mol. The van der Waals surface area contributed by atoms with E-state index in [4.69, 9.17) is 21.3 Å². The highest BCUT2D eigenvalue weighted by atomic mass is 79.9. The lowest BCUT2D eigenvalue weighted by Crippen LogP contribution is -2.35. The number of carbonyl (C=O) groups is 1. The lowest BCUT2D eigenvalue weighted by Gasteiger charge is -2.21. The fourth-order valence-electron chi connectivity index (χ4n) is 3.35. The van der Waals surface area contributed by atoms with Crippen LogP contribution in [0.3, 0.4) is 0 Å². The molecule has 1 amide bonds. The zero-order chi connectivity index (χ0) is 20.2. The number of amides is 1. The fourth-order valence-corrected chi connectivity index (χ4v) is 5.13. The molecule has 1 fully saturated rings. The highest BCUT2D eigenvalue weighted by Gasteiger charge is 2.22. The van der Waals surface area contributed by atoms with Gasteiger partial charge in [0.15, 0.2) is 5.13 Å². The number of rotatable bonds is 4. The summed E-state index contributed by atoms with van der Waals surface area (Å²) in [5.41, 5.74) is 2.10. The fraction of sp³-hybridized carbons (Fsp3) is 0.333. The third-order valence-corrected chi connectivity index (χ3v) is 7.01. The van der Waals surface area contributed by atoms with E-state index in [9.17, 15) is 4.79 Å². The molecule has 5 nitrogen and oxygen atoms in total. The van der Waals surface area contributed by atoms with Crippen molar-refractivity contribution in [2.45, 2.75) is 12.8 Å². The van der Waals surface area contributed by atoms with Gasteiger partial charge in [-0.05, 0) is 36.2 Å². The molecular weight excluding hydrogens is 474 g/mol. The van der Waals surface area contributed by atoms with Crippen LogP contribution in [0.4, 0.5) is 9.93 Å². The Bertz CT molecular complexity index is 1010. The maximum absolute atomic E-state index is 12.5. The van der Waals surface area contributed by atoms with E-state index in [0.717, 1.165) is 49.9 Å². The number of thiazole rings is 1. The summed E-state index contributed by atoms with van der Waals surface area (Å²) in [5, 5.41) is 1.70. The van der Waals surface area contributed by atoms with E-state index < -0.39 is 0 Å². The quantitative estimate of drug-likeness (QED) is 0.473. The van der Waals surface area contributed by atoms with Crippen molar-refractivity contribution >= 4 is 60.3 Å². The third-order valence-electron chi connectivity index (χ3n) is 4.92. The minimum absolute atomic E-state index is 0.241. The Kier molecular flexibility index (Phi) is 6.57. The molecular formula is C21H21BrClN3O2S. The van der Waals surface area contributed by atoms with Gasteiger partial charge in [0.05, 0.1) is 16.8 Å². The molecule has 29 heavy (non-hydrogen) atoms. The summed E-state index contributed by atoms with van der Waals surface area (Å²) in [4.78, 5) is 21.3. The van der Waals surface area contributed by atoms with E-state index in [0.29, 0.717) is 26.1 Å². The van der Waals surface area contributed by atoms with Crippen LogP contribution in [0, 0.1) is 0 Å². The number of fused-ring (bicyclic) bond motifs is 1. The summed E-state index contributed by atoms with van der Waals surface area (Å²) in [7, 11) is 0. The number of hydrogen-bond donors (Lipinski definition) is 0. The summed E-state index contributed by atoms with van der Waals surface area (Å²) in [6.07, 6.45) is 1.34. The molecule has 0 unspecified atom stereocenters. The molecule has 0 saturated carbocycles. The second-order valence-corrected chi connectivity index (χ2v) is 9.19. The van der Waals surface area contributed by atoms with Crippen LogP contribution in [0.25, 0.3) is 10.2 Å². The zero-order valence-corrected chi connectivity index (χ0v) is 19.0. The van der Waals surface area contributed by atoms with Crippen LogP contribution in [0.1, 0.15) is 12.0 Å². The number of benzene rings is 2. The average molecular weight is 495 g/mol. The molecule has 0 N–H and O–H groups in total. The molecule has 1 saturated heterocycles. The predicted octanol–water partition coefficient (Wildman–Crippen LogP) is 5.60. The molecule has 0 atom stereocenters. The van der Waals surface area contributed by atoms with E-state index in [2.05, 4.69) is 20.8 Å². The number of halogens is 2. The Morgan fingerprint density at radius 3 is 2.90 bits per heavy atom. The SMILES string of the molecule is O=C(OCCc1ccccc1Br)N1CCCN(c2nc3ccc(Cl)cc3s2)CC1. The average Bonchev–Trinajstić information content (AvgIpc) is 2.96. The number of carbonyl (C=O) groups excluding carboxylic acids is 1. The van der Waals surface area contributed by atoms with Gasteiger partial charge in [0.2, 0.25) is 0 Å². The van der Waals surface area contributed by atoms with Gasteiger partial charge in [0.1, 0.15) is 0 Å². The van der Waals surface area contributed by atoms with Gasteiger partial charge in [0, 0.05) is 42.1 Å². The van der Waals surface area contributed by atoms with Gasteiger partial charge in [-0.3, -0.25) is 0 Å². The van der Waals surface area contributed by atoms with Gasteiger partial charge >= 0.3 is 6.09 Å². The number of ether oxygens (including phenoxy) is 1. The van der Waals surface area contributed by atoms with Gasteiger partial charge < -0.3 is 14.5 Å². The van der Waals surface area contributed by atoms with Crippen LogP contribution in [0.5, 0.6) is 0 Å². The number of aromatic nitrogens is 1. The standard InChI is InChI=1S/C21H21BrClN3O2S/c22-17-5-2-1-4-15(17)8-13-28-21(27)26-10-3-9-25(11-12-26)20-24-18-7-6-16(23)14-19(18)29-20/h1-2,4-7,14H,3,8-13H2. The van der Waals surface area contributed by atoms with Crippen molar-refractivity contribution < 1.29 is 9.53 Å². The molecule has 152 valence electrons. The monoisotopic (exact) mass is 493 g/mol. The molecule has 2 aromatic carbocycles. The minimum atomic E-state index is -0.241. The first-order valence-electron chi connectivity index (χ1n) is 9.56. The highest BCUT2D eigenvalue weighted by Crippen LogP contribution is 2.31.